The summed E-state index contributed by atoms with van der Waals surface area (Å²) in [5, 5.41) is 2.69. The number of halogens is 1. The molecule has 0 aliphatic rings. The van der Waals surface area contributed by atoms with Crippen molar-refractivity contribution in [3.8, 4) is 5.75 Å². The largest absolute Gasteiger partial charge is 0.495 e. The van der Waals surface area contributed by atoms with Crippen molar-refractivity contribution in [1.82, 2.24) is 5.32 Å². The van der Waals surface area contributed by atoms with E-state index in [1.807, 2.05) is 6.07 Å². The van der Waals surface area contributed by atoms with E-state index in [9.17, 15) is 14.4 Å². The summed E-state index contributed by atoms with van der Waals surface area (Å²) in [5.41, 5.74) is 0.919. The minimum absolute atomic E-state index is 0.0609. The van der Waals surface area contributed by atoms with Crippen LogP contribution in [-0.2, 0) is 14.3 Å². The van der Waals surface area contributed by atoms with E-state index in [0.29, 0.717) is 11.3 Å². The van der Waals surface area contributed by atoms with Crippen LogP contribution in [0.3, 0.4) is 0 Å². The van der Waals surface area contributed by atoms with Gasteiger partial charge in [-0.25, -0.2) is 4.79 Å². The smallest absolute Gasteiger partial charge is 0.355 e. The molecule has 0 bridgehead atoms. The van der Waals surface area contributed by atoms with Gasteiger partial charge in [-0.15, -0.1) is 0 Å². The van der Waals surface area contributed by atoms with E-state index in [1.54, 1.807) is 30.3 Å². The van der Waals surface area contributed by atoms with Gasteiger partial charge in [-0.2, -0.15) is 0 Å². The first-order chi connectivity index (χ1) is 12.9. The highest BCUT2D eigenvalue weighted by Crippen LogP contribution is 2.25. The second-order valence-corrected chi connectivity index (χ2v) is 5.91. The number of amides is 1. The fourth-order valence-corrected chi connectivity index (χ4v) is 2.44. The number of nitrogens with one attached hydrogen (secondary N) is 1. The van der Waals surface area contributed by atoms with Crippen LogP contribution in [0.25, 0.3) is 6.08 Å². The van der Waals surface area contributed by atoms with Gasteiger partial charge in [0.2, 0.25) is 5.91 Å². The van der Waals surface area contributed by atoms with Gasteiger partial charge in [-0.05, 0) is 29.8 Å². The number of hydrogen-bond acceptors (Lipinski definition) is 5. The number of hydrogen-bond donors (Lipinski definition) is 1. The van der Waals surface area contributed by atoms with Crippen LogP contribution in [0.4, 0.5) is 0 Å². The Bertz CT molecular complexity index is 877. The van der Waals surface area contributed by atoms with E-state index in [-0.39, 0.29) is 16.3 Å². The maximum atomic E-state index is 12.3. The minimum Gasteiger partial charge on any atom is -0.495 e. The lowest BCUT2D eigenvalue weighted by molar-refractivity contribution is -0.139. The third-order valence-corrected chi connectivity index (χ3v) is 3.74. The van der Waals surface area contributed by atoms with Crippen molar-refractivity contribution < 1.29 is 23.9 Å². The van der Waals surface area contributed by atoms with Crippen LogP contribution in [0.5, 0.6) is 5.75 Å². The molecule has 0 unspecified atom stereocenters. The van der Waals surface area contributed by atoms with Crippen molar-refractivity contribution in [2.45, 2.75) is 6.92 Å². The molecule has 0 atom stereocenters. The molecule has 2 aromatic carbocycles. The van der Waals surface area contributed by atoms with Crippen LogP contribution in [0, 0.1) is 0 Å². The second-order valence-electron chi connectivity index (χ2n) is 5.50. The van der Waals surface area contributed by atoms with E-state index in [4.69, 9.17) is 21.1 Å². The molecule has 2 aromatic rings. The van der Waals surface area contributed by atoms with Crippen molar-refractivity contribution in [2.24, 2.45) is 0 Å². The van der Waals surface area contributed by atoms with Crippen LogP contribution in [0.1, 0.15) is 22.8 Å². The lowest BCUT2D eigenvalue weighted by Crippen LogP contribution is -2.27. The molecular weight excluding hydrogens is 370 g/mol. The lowest BCUT2D eigenvalue weighted by atomic mass is 10.1. The molecule has 0 radical (unpaired) electrons. The standard InChI is InChI=1S/C20H18ClNO5/c1-13(23)22-17(10-14-6-4-3-5-7-14)20(25)27-12-18(24)15-8-9-19(26-2)16(21)11-15/h3-11H,12H2,1-2H3,(H,22,23)/b17-10-. The monoisotopic (exact) mass is 387 g/mol. The molecule has 0 spiro atoms. The van der Waals surface area contributed by atoms with Gasteiger partial charge in [-0.1, -0.05) is 41.9 Å². The first-order valence-corrected chi connectivity index (χ1v) is 8.36. The van der Waals surface area contributed by atoms with E-state index in [2.05, 4.69) is 5.32 Å². The molecule has 0 aromatic heterocycles. The topological polar surface area (TPSA) is 81.7 Å². The van der Waals surface area contributed by atoms with Gasteiger partial charge in [0.1, 0.15) is 11.4 Å². The molecular formula is C20H18ClNO5. The Morgan fingerprint density at radius 1 is 1.11 bits per heavy atom. The summed E-state index contributed by atoms with van der Waals surface area (Å²) >= 11 is 5.99. The number of carbonyl (C=O) groups excluding carboxylic acids is 3. The maximum absolute atomic E-state index is 12.3. The molecule has 7 heteroatoms. The molecule has 1 amide bonds. The molecule has 140 valence electrons. The highest BCUT2D eigenvalue weighted by Gasteiger charge is 2.16. The third-order valence-electron chi connectivity index (χ3n) is 3.45. The first-order valence-electron chi connectivity index (χ1n) is 7.99. The molecule has 6 nitrogen and oxygen atoms in total. The van der Waals surface area contributed by atoms with E-state index in [0.717, 1.165) is 0 Å². The minimum atomic E-state index is -0.818. The van der Waals surface area contributed by atoms with Crippen molar-refractivity contribution in [3.63, 3.8) is 0 Å². The number of ether oxygens (including phenoxy) is 2. The molecule has 0 saturated carbocycles. The predicted octanol–water partition coefficient (Wildman–Crippen LogP) is 3.25. The number of methoxy groups -OCH3 is 1. The van der Waals surface area contributed by atoms with Gasteiger partial charge >= 0.3 is 5.97 Å². The van der Waals surface area contributed by atoms with Crippen molar-refractivity contribution >= 4 is 35.3 Å². The predicted molar refractivity (Wildman–Crippen MR) is 102 cm³/mol. The fourth-order valence-electron chi connectivity index (χ4n) is 2.18. The summed E-state index contributed by atoms with van der Waals surface area (Å²) in [6.45, 7) is 0.782. The highest BCUT2D eigenvalue weighted by atomic mass is 35.5. The SMILES string of the molecule is COc1ccc(C(=O)COC(=O)/C(=C/c2ccccc2)NC(C)=O)cc1Cl. The number of rotatable bonds is 7. The van der Waals surface area contributed by atoms with Gasteiger partial charge in [0.15, 0.2) is 12.4 Å². The number of Topliss-reactive ketones (excluding diaryl/α,β-unsaturated/α-hetero) is 1. The zero-order valence-electron chi connectivity index (χ0n) is 14.8. The Labute approximate surface area is 161 Å². The normalized spacial score (nSPS) is 10.9. The summed E-state index contributed by atoms with van der Waals surface area (Å²) in [7, 11) is 1.47. The Balaban J connectivity index is 2.08. The second kappa shape index (κ2) is 9.54. The Hall–Kier alpha value is -3.12. The van der Waals surface area contributed by atoms with Crippen LogP contribution in [-0.4, -0.2) is 31.4 Å². The van der Waals surface area contributed by atoms with Gasteiger partial charge in [0, 0.05) is 12.5 Å². The molecule has 1 N–H and O–H groups in total. The number of carbonyl (C=O) groups is 3. The average Bonchev–Trinajstić information content (AvgIpc) is 2.65. The van der Waals surface area contributed by atoms with Gasteiger partial charge in [-0.3, -0.25) is 9.59 Å². The van der Waals surface area contributed by atoms with Crippen LogP contribution in [0.15, 0.2) is 54.2 Å². The van der Waals surface area contributed by atoms with Gasteiger partial charge in [0.05, 0.1) is 12.1 Å². The fraction of sp³-hybridized carbons (Fsp3) is 0.150. The van der Waals surface area contributed by atoms with Gasteiger partial charge < -0.3 is 14.8 Å². The Morgan fingerprint density at radius 3 is 2.41 bits per heavy atom. The summed E-state index contributed by atoms with van der Waals surface area (Å²) in [5.74, 6) is -1.25. The van der Waals surface area contributed by atoms with Crippen LogP contribution in [0.2, 0.25) is 5.02 Å². The number of benzene rings is 2. The molecule has 0 aliphatic heterocycles. The van der Waals surface area contributed by atoms with E-state index in [1.165, 1.54) is 32.2 Å². The average molecular weight is 388 g/mol. The van der Waals surface area contributed by atoms with Crippen molar-refractivity contribution in [1.29, 1.82) is 0 Å². The van der Waals surface area contributed by atoms with Crippen LogP contribution >= 0.6 is 11.6 Å². The number of ketones is 1. The van der Waals surface area contributed by atoms with E-state index < -0.39 is 24.3 Å². The molecule has 0 saturated heterocycles. The third kappa shape index (κ3) is 5.97. The Kier molecular flexibility index (Phi) is 7.14. The molecule has 2 rings (SSSR count). The Morgan fingerprint density at radius 2 is 1.81 bits per heavy atom. The zero-order valence-corrected chi connectivity index (χ0v) is 15.6. The summed E-state index contributed by atoms with van der Waals surface area (Å²) in [6.07, 6.45) is 1.47. The van der Waals surface area contributed by atoms with Gasteiger partial charge in [0.25, 0.3) is 0 Å². The molecule has 0 heterocycles. The first kappa shape index (κ1) is 20.2. The van der Waals surface area contributed by atoms with Crippen LogP contribution < -0.4 is 10.1 Å². The summed E-state index contributed by atoms with van der Waals surface area (Å²) < 4.78 is 10.1. The zero-order chi connectivity index (χ0) is 19.8. The highest BCUT2D eigenvalue weighted by molar-refractivity contribution is 6.32. The molecule has 27 heavy (non-hydrogen) atoms. The van der Waals surface area contributed by atoms with Crippen molar-refractivity contribution in [3.05, 3.63) is 70.4 Å². The van der Waals surface area contributed by atoms with Crippen molar-refractivity contribution in [2.75, 3.05) is 13.7 Å². The summed E-state index contributed by atoms with van der Waals surface area (Å²) in [4.78, 5) is 35.9. The molecule has 0 aliphatic carbocycles. The van der Waals surface area contributed by atoms with E-state index >= 15 is 0 Å². The lowest BCUT2D eigenvalue weighted by Gasteiger charge is -2.09. The molecule has 0 fully saturated rings. The summed E-state index contributed by atoms with van der Waals surface area (Å²) in [6, 6.07) is 13.4. The number of esters is 1. The quantitative estimate of drug-likeness (QED) is 0.448. The maximum Gasteiger partial charge on any atom is 0.355 e.